The van der Waals surface area contributed by atoms with E-state index in [0.717, 1.165) is 6.42 Å². The lowest BCUT2D eigenvalue weighted by molar-refractivity contribution is 0.483. The molecule has 0 radical (unpaired) electrons. The van der Waals surface area contributed by atoms with Crippen molar-refractivity contribution in [3.05, 3.63) is 0 Å². The Morgan fingerprint density at radius 2 is 2.09 bits per heavy atom. The summed E-state index contributed by atoms with van der Waals surface area (Å²) in [5.41, 5.74) is 0. The van der Waals surface area contributed by atoms with Gasteiger partial charge in [0.05, 0.1) is 0 Å². The fraction of sp³-hybridized carbons (Fsp3) is 0.800. The van der Waals surface area contributed by atoms with Crippen LogP contribution in [0.5, 0.6) is 0 Å². The SMILES string of the molecule is C#CCC(CC)C(Br)CCC. The van der Waals surface area contributed by atoms with Gasteiger partial charge in [-0.25, -0.2) is 0 Å². The van der Waals surface area contributed by atoms with Gasteiger partial charge in [-0.15, -0.1) is 12.3 Å². The van der Waals surface area contributed by atoms with E-state index in [1.165, 1.54) is 19.3 Å². The van der Waals surface area contributed by atoms with E-state index < -0.39 is 0 Å². The van der Waals surface area contributed by atoms with Gasteiger partial charge in [0.2, 0.25) is 0 Å². The molecule has 2 atom stereocenters. The highest BCUT2D eigenvalue weighted by molar-refractivity contribution is 9.09. The van der Waals surface area contributed by atoms with Crippen LogP contribution in [0.4, 0.5) is 0 Å². The lowest BCUT2D eigenvalue weighted by Crippen LogP contribution is -2.12. The summed E-state index contributed by atoms with van der Waals surface area (Å²) in [4.78, 5) is 0.619. The molecule has 11 heavy (non-hydrogen) atoms. The monoisotopic (exact) mass is 216 g/mol. The molecule has 0 N–H and O–H groups in total. The van der Waals surface area contributed by atoms with E-state index in [2.05, 4.69) is 35.7 Å². The van der Waals surface area contributed by atoms with Gasteiger partial charge in [0.15, 0.2) is 0 Å². The summed E-state index contributed by atoms with van der Waals surface area (Å²) in [6, 6.07) is 0. The Hall–Kier alpha value is 0.0400. The van der Waals surface area contributed by atoms with Crippen LogP contribution in [-0.4, -0.2) is 4.83 Å². The lowest BCUT2D eigenvalue weighted by Gasteiger charge is -2.17. The van der Waals surface area contributed by atoms with E-state index in [4.69, 9.17) is 6.42 Å². The van der Waals surface area contributed by atoms with Gasteiger partial charge in [-0.05, 0) is 12.3 Å². The zero-order valence-electron chi connectivity index (χ0n) is 7.44. The highest BCUT2D eigenvalue weighted by Crippen LogP contribution is 2.23. The molecule has 0 nitrogen and oxygen atoms in total. The summed E-state index contributed by atoms with van der Waals surface area (Å²) in [6.45, 7) is 4.41. The number of hydrogen-bond donors (Lipinski definition) is 0. The third-order valence-electron chi connectivity index (χ3n) is 1.98. The van der Waals surface area contributed by atoms with Crippen LogP contribution in [0, 0.1) is 18.3 Å². The number of halogens is 1. The average Bonchev–Trinajstić information content (AvgIpc) is 2.00. The minimum absolute atomic E-state index is 0.619. The van der Waals surface area contributed by atoms with Crippen LogP contribution >= 0.6 is 15.9 Å². The highest BCUT2D eigenvalue weighted by Gasteiger charge is 2.14. The van der Waals surface area contributed by atoms with Crippen molar-refractivity contribution in [2.24, 2.45) is 5.92 Å². The summed E-state index contributed by atoms with van der Waals surface area (Å²) in [6.07, 6.45) is 9.83. The molecule has 1 heteroatoms. The zero-order chi connectivity index (χ0) is 8.69. The Balaban J connectivity index is 3.73. The van der Waals surface area contributed by atoms with Crippen LogP contribution in [0.25, 0.3) is 0 Å². The number of rotatable bonds is 5. The van der Waals surface area contributed by atoms with Gasteiger partial charge in [-0.1, -0.05) is 42.6 Å². The molecule has 0 aliphatic carbocycles. The van der Waals surface area contributed by atoms with Gasteiger partial charge >= 0.3 is 0 Å². The fourth-order valence-electron chi connectivity index (χ4n) is 1.19. The summed E-state index contributed by atoms with van der Waals surface area (Å²) in [5.74, 6) is 3.39. The first kappa shape index (κ1) is 11.0. The van der Waals surface area contributed by atoms with Crippen molar-refractivity contribution in [3.63, 3.8) is 0 Å². The third kappa shape index (κ3) is 4.48. The second-order valence-electron chi connectivity index (χ2n) is 2.88. The second-order valence-corrected chi connectivity index (χ2v) is 4.06. The second kappa shape index (κ2) is 6.73. The van der Waals surface area contributed by atoms with E-state index in [9.17, 15) is 0 Å². The maximum absolute atomic E-state index is 5.27. The van der Waals surface area contributed by atoms with Gasteiger partial charge < -0.3 is 0 Å². The van der Waals surface area contributed by atoms with Crippen LogP contribution in [0.1, 0.15) is 39.5 Å². The molecule has 0 amide bonds. The summed E-state index contributed by atoms with van der Waals surface area (Å²) in [5, 5.41) is 0. The Morgan fingerprint density at radius 3 is 2.45 bits per heavy atom. The summed E-state index contributed by atoms with van der Waals surface area (Å²) in [7, 11) is 0. The lowest BCUT2D eigenvalue weighted by atomic mass is 9.96. The summed E-state index contributed by atoms with van der Waals surface area (Å²) < 4.78 is 0. The molecule has 0 bridgehead atoms. The first-order chi connectivity index (χ1) is 5.26. The Kier molecular flexibility index (Phi) is 6.76. The highest BCUT2D eigenvalue weighted by atomic mass is 79.9. The van der Waals surface area contributed by atoms with E-state index in [0.29, 0.717) is 10.7 Å². The van der Waals surface area contributed by atoms with Gasteiger partial charge in [-0.3, -0.25) is 0 Å². The maximum atomic E-state index is 5.27. The number of hydrogen-bond acceptors (Lipinski definition) is 0. The first-order valence-corrected chi connectivity index (χ1v) is 5.25. The minimum atomic E-state index is 0.619. The average molecular weight is 217 g/mol. The number of terminal acetylenes is 1. The summed E-state index contributed by atoms with van der Waals surface area (Å²) >= 11 is 3.67. The zero-order valence-corrected chi connectivity index (χ0v) is 9.02. The van der Waals surface area contributed by atoms with Crippen molar-refractivity contribution < 1.29 is 0 Å². The molecule has 0 spiro atoms. The third-order valence-corrected chi connectivity index (χ3v) is 3.19. The molecule has 0 aromatic rings. The quantitative estimate of drug-likeness (QED) is 0.487. The van der Waals surface area contributed by atoms with Crippen molar-refractivity contribution in [1.82, 2.24) is 0 Å². The molecule has 0 fully saturated rings. The molecular formula is C10H17Br. The predicted octanol–water partition coefficient (Wildman–Crippen LogP) is 3.60. The van der Waals surface area contributed by atoms with Crippen molar-refractivity contribution >= 4 is 15.9 Å². The topological polar surface area (TPSA) is 0 Å². The molecule has 2 unspecified atom stereocenters. The molecule has 0 saturated heterocycles. The standard InChI is InChI=1S/C10H17Br/c1-4-7-9(6-3)10(11)8-5-2/h1,9-10H,5-8H2,2-3H3. The normalized spacial score (nSPS) is 15.5. The molecule has 0 aromatic carbocycles. The van der Waals surface area contributed by atoms with Crippen molar-refractivity contribution in [2.75, 3.05) is 0 Å². The Bertz CT molecular complexity index is 123. The van der Waals surface area contributed by atoms with Crippen LogP contribution in [0.15, 0.2) is 0 Å². The Labute approximate surface area is 78.9 Å². The largest absolute Gasteiger partial charge is 0.120 e. The van der Waals surface area contributed by atoms with Crippen LogP contribution in [0.3, 0.4) is 0 Å². The predicted molar refractivity (Wildman–Crippen MR) is 54.9 cm³/mol. The minimum Gasteiger partial charge on any atom is -0.120 e. The maximum Gasteiger partial charge on any atom is 0.0182 e. The molecule has 0 heterocycles. The van der Waals surface area contributed by atoms with Gasteiger partial charge in [0, 0.05) is 11.2 Å². The van der Waals surface area contributed by atoms with Gasteiger partial charge in [0.25, 0.3) is 0 Å². The van der Waals surface area contributed by atoms with Crippen LogP contribution in [-0.2, 0) is 0 Å². The molecule has 0 rings (SSSR count). The van der Waals surface area contributed by atoms with E-state index in [1.807, 2.05) is 0 Å². The van der Waals surface area contributed by atoms with E-state index in [-0.39, 0.29) is 0 Å². The Morgan fingerprint density at radius 1 is 1.45 bits per heavy atom. The van der Waals surface area contributed by atoms with Crippen molar-refractivity contribution in [2.45, 2.75) is 44.4 Å². The molecule has 0 aromatic heterocycles. The fourth-order valence-corrected chi connectivity index (χ4v) is 2.21. The van der Waals surface area contributed by atoms with Crippen LogP contribution < -0.4 is 0 Å². The molecule has 0 saturated carbocycles. The van der Waals surface area contributed by atoms with Crippen molar-refractivity contribution in [1.29, 1.82) is 0 Å². The van der Waals surface area contributed by atoms with E-state index in [1.54, 1.807) is 0 Å². The molecular weight excluding hydrogens is 200 g/mol. The number of alkyl halides is 1. The van der Waals surface area contributed by atoms with E-state index >= 15 is 0 Å². The molecule has 0 aliphatic heterocycles. The van der Waals surface area contributed by atoms with Gasteiger partial charge in [0.1, 0.15) is 0 Å². The molecule has 64 valence electrons. The van der Waals surface area contributed by atoms with Gasteiger partial charge in [-0.2, -0.15) is 0 Å². The van der Waals surface area contributed by atoms with Crippen LogP contribution in [0.2, 0.25) is 0 Å². The van der Waals surface area contributed by atoms with Crippen molar-refractivity contribution in [3.8, 4) is 12.3 Å². The smallest absolute Gasteiger partial charge is 0.0182 e. The first-order valence-electron chi connectivity index (χ1n) is 4.33. The molecule has 0 aliphatic rings.